The van der Waals surface area contributed by atoms with Gasteiger partial charge in [0.2, 0.25) is 0 Å². The van der Waals surface area contributed by atoms with Crippen molar-refractivity contribution in [2.24, 2.45) is 0 Å². The van der Waals surface area contributed by atoms with Gasteiger partial charge in [-0.1, -0.05) is 11.6 Å². The molecule has 1 aliphatic heterocycles. The molecule has 1 aromatic carbocycles. The highest BCUT2D eigenvalue weighted by atomic mass is 35.5. The van der Waals surface area contributed by atoms with Crippen LogP contribution in [0, 0.1) is 0 Å². The van der Waals surface area contributed by atoms with E-state index in [1.807, 2.05) is 18.2 Å². The number of nitrogen functional groups attached to an aromatic ring is 1. The van der Waals surface area contributed by atoms with E-state index < -0.39 is 0 Å². The summed E-state index contributed by atoms with van der Waals surface area (Å²) < 4.78 is 5.55. The maximum Gasteiger partial charge on any atom is 0.0669 e. The number of anilines is 1. The summed E-state index contributed by atoms with van der Waals surface area (Å²) >= 11 is 7.79. The average molecular weight is 244 g/mol. The first kappa shape index (κ1) is 11.1. The van der Waals surface area contributed by atoms with Crippen molar-refractivity contribution in [3.63, 3.8) is 0 Å². The molecule has 1 heterocycles. The fourth-order valence-electron chi connectivity index (χ4n) is 1.59. The van der Waals surface area contributed by atoms with E-state index in [1.54, 1.807) is 11.8 Å². The zero-order valence-electron chi connectivity index (χ0n) is 8.41. The van der Waals surface area contributed by atoms with Crippen LogP contribution in [-0.2, 0) is 4.74 Å². The molecular formula is C11H14ClNOS. The summed E-state index contributed by atoms with van der Waals surface area (Å²) in [7, 11) is 0. The summed E-state index contributed by atoms with van der Waals surface area (Å²) in [6, 6.07) is 5.58. The van der Waals surface area contributed by atoms with Gasteiger partial charge in [-0.25, -0.2) is 0 Å². The van der Waals surface area contributed by atoms with Crippen LogP contribution < -0.4 is 5.73 Å². The Labute approximate surface area is 99.1 Å². The van der Waals surface area contributed by atoms with Gasteiger partial charge in [0.15, 0.2) is 0 Å². The molecule has 2 nitrogen and oxygen atoms in total. The van der Waals surface area contributed by atoms with Gasteiger partial charge in [0.25, 0.3) is 0 Å². The van der Waals surface area contributed by atoms with Gasteiger partial charge in [0.1, 0.15) is 0 Å². The minimum Gasteiger partial charge on any atom is -0.399 e. The molecule has 0 aromatic heterocycles. The first-order valence-corrected chi connectivity index (χ1v) is 6.41. The van der Waals surface area contributed by atoms with Crippen molar-refractivity contribution < 1.29 is 4.74 Å². The number of hydrogen-bond donors (Lipinski definition) is 1. The SMILES string of the molecule is Nc1ccc(Cl)c(SCC2CCCO2)c1. The van der Waals surface area contributed by atoms with Gasteiger partial charge in [-0.2, -0.15) is 0 Å². The van der Waals surface area contributed by atoms with Crippen LogP contribution in [0.25, 0.3) is 0 Å². The Morgan fingerprint density at radius 3 is 3.13 bits per heavy atom. The Morgan fingerprint density at radius 1 is 1.53 bits per heavy atom. The molecule has 2 N–H and O–H groups in total. The maximum absolute atomic E-state index is 6.06. The van der Waals surface area contributed by atoms with Gasteiger partial charge in [-0.3, -0.25) is 0 Å². The molecule has 82 valence electrons. The van der Waals surface area contributed by atoms with Crippen LogP contribution in [0.1, 0.15) is 12.8 Å². The van der Waals surface area contributed by atoms with Crippen molar-refractivity contribution in [3.8, 4) is 0 Å². The predicted octanol–water partition coefficient (Wildman–Crippen LogP) is 3.19. The monoisotopic (exact) mass is 243 g/mol. The van der Waals surface area contributed by atoms with E-state index in [4.69, 9.17) is 22.1 Å². The summed E-state index contributed by atoms with van der Waals surface area (Å²) in [5.41, 5.74) is 6.47. The van der Waals surface area contributed by atoms with Crippen LogP contribution in [0.2, 0.25) is 5.02 Å². The average Bonchev–Trinajstić information content (AvgIpc) is 2.72. The number of ether oxygens (including phenoxy) is 1. The second-order valence-corrected chi connectivity index (χ2v) is 5.10. The van der Waals surface area contributed by atoms with Crippen molar-refractivity contribution in [1.29, 1.82) is 0 Å². The summed E-state index contributed by atoms with van der Waals surface area (Å²) in [5, 5.41) is 0.771. The Morgan fingerprint density at radius 2 is 2.40 bits per heavy atom. The third kappa shape index (κ3) is 3.03. The van der Waals surface area contributed by atoms with E-state index in [2.05, 4.69) is 0 Å². The van der Waals surface area contributed by atoms with Gasteiger partial charge >= 0.3 is 0 Å². The molecular weight excluding hydrogens is 230 g/mol. The third-order valence-corrected chi connectivity index (χ3v) is 4.03. The van der Waals surface area contributed by atoms with E-state index in [9.17, 15) is 0 Å². The molecule has 0 radical (unpaired) electrons. The maximum atomic E-state index is 6.06. The number of nitrogens with two attached hydrogens (primary N) is 1. The second kappa shape index (κ2) is 5.10. The van der Waals surface area contributed by atoms with Gasteiger partial charge in [-0.15, -0.1) is 11.8 Å². The van der Waals surface area contributed by atoms with Crippen molar-refractivity contribution in [1.82, 2.24) is 0 Å². The number of halogens is 1. The minimum absolute atomic E-state index is 0.382. The first-order chi connectivity index (χ1) is 7.25. The van der Waals surface area contributed by atoms with Crippen LogP contribution in [0.4, 0.5) is 5.69 Å². The molecule has 1 aromatic rings. The lowest BCUT2D eigenvalue weighted by atomic mass is 10.3. The van der Waals surface area contributed by atoms with Gasteiger partial charge in [0, 0.05) is 22.9 Å². The van der Waals surface area contributed by atoms with Gasteiger partial charge < -0.3 is 10.5 Å². The number of thioether (sulfide) groups is 1. The molecule has 0 saturated carbocycles. The van der Waals surface area contributed by atoms with Crippen molar-refractivity contribution >= 4 is 29.1 Å². The summed E-state index contributed by atoms with van der Waals surface area (Å²) in [6.07, 6.45) is 2.72. The highest BCUT2D eigenvalue weighted by Crippen LogP contribution is 2.31. The van der Waals surface area contributed by atoms with Crippen molar-refractivity contribution in [3.05, 3.63) is 23.2 Å². The van der Waals surface area contributed by atoms with E-state index >= 15 is 0 Å². The van der Waals surface area contributed by atoms with E-state index in [0.717, 1.165) is 34.4 Å². The lowest BCUT2D eigenvalue weighted by Crippen LogP contribution is -2.07. The van der Waals surface area contributed by atoms with Crippen LogP contribution in [0.5, 0.6) is 0 Å². The van der Waals surface area contributed by atoms with Gasteiger partial charge in [-0.05, 0) is 31.0 Å². The molecule has 1 fully saturated rings. The molecule has 1 unspecified atom stereocenters. The van der Waals surface area contributed by atoms with Crippen LogP contribution >= 0.6 is 23.4 Å². The van der Waals surface area contributed by atoms with Crippen molar-refractivity contribution in [2.75, 3.05) is 18.1 Å². The molecule has 0 aliphatic carbocycles. The lowest BCUT2D eigenvalue weighted by Gasteiger charge is -2.09. The third-order valence-electron chi connectivity index (χ3n) is 2.40. The largest absolute Gasteiger partial charge is 0.399 e. The first-order valence-electron chi connectivity index (χ1n) is 5.05. The minimum atomic E-state index is 0.382. The van der Waals surface area contributed by atoms with E-state index in [1.165, 1.54) is 6.42 Å². The van der Waals surface area contributed by atoms with E-state index in [-0.39, 0.29) is 0 Å². The van der Waals surface area contributed by atoms with Crippen LogP contribution in [-0.4, -0.2) is 18.5 Å². The Hall–Kier alpha value is -0.380. The number of benzene rings is 1. The molecule has 0 spiro atoms. The molecule has 1 atom stereocenters. The van der Waals surface area contributed by atoms with Crippen molar-refractivity contribution in [2.45, 2.75) is 23.8 Å². The summed E-state index contributed by atoms with van der Waals surface area (Å²) in [6.45, 7) is 0.899. The zero-order valence-corrected chi connectivity index (χ0v) is 9.98. The Kier molecular flexibility index (Phi) is 3.78. The fourth-order valence-corrected chi connectivity index (χ4v) is 2.92. The van der Waals surface area contributed by atoms with Gasteiger partial charge in [0.05, 0.1) is 11.1 Å². The number of hydrogen-bond acceptors (Lipinski definition) is 3. The summed E-state index contributed by atoms with van der Waals surface area (Å²) in [5.74, 6) is 0.961. The molecule has 15 heavy (non-hydrogen) atoms. The molecule has 2 rings (SSSR count). The quantitative estimate of drug-likeness (QED) is 0.654. The highest BCUT2D eigenvalue weighted by Gasteiger charge is 2.16. The molecule has 0 amide bonds. The molecule has 4 heteroatoms. The topological polar surface area (TPSA) is 35.2 Å². The fraction of sp³-hybridized carbons (Fsp3) is 0.455. The van der Waals surface area contributed by atoms with E-state index in [0.29, 0.717) is 6.10 Å². The predicted molar refractivity (Wildman–Crippen MR) is 65.6 cm³/mol. The smallest absolute Gasteiger partial charge is 0.0669 e. The molecule has 1 aliphatic rings. The Balaban J connectivity index is 1.94. The second-order valence-electron chi connectivity index (χ2n) is 3.64. The number of rotatable bonds is 3. The standard InChI is InChI=1S/C11H14ClNOS/c12-10-4-3-8(13)6-11(10)15-7-9-2-1-5-14-9/h3-4,6,9H,1-2,5,7,13H2. The lowest BCUT2D eigenvalue weighted by molar-refractivity contribution is 0.129. The van der Waals surface area contributed by atoms with Crippen LogP contribution in [0.3, 0.4) is 0 Å². The highest BCUT2D eigenvalue weighted by molar-refractivity contribution is 7.99. The normalized spacial score (nSPS) is 20.7. The summed E-state index contributed by atoms with van der Waals surface area (Å²) in [4.78, 5) is 1.05. The molecule has 1 saturated heterocycles. The van der Waals surface area contributed by atoms with Crippen LogP contribution in [0.15, 0.2) is 23.1 Å². The zero-order chi connectivity index (χ0) is 10.7. The molecule has 0 bridgehead atoms. The Bertz CT molecular complexity index is 339.